The maximum absolute atomic E-state index is 12.6. The quantitative estimate of drug-likeness (QED) is 0.642. The van der Waals surface area contributed by atoms with Gasteiger partial charge in [-0.1, -0.05) is 36.4 Å². The van der Waals surface area contributed by atoms with E-state index in [1.165, 1.54) is 6.07 Å². The van der Waals surface area contributed by atoms with E-state index >= 15 is 0 Å². The molecule has 0 aromatic heterocycles. The van der Waals surface area contributed by atoms with E-state index in [-0.39, 0.29) is 11.6 Å². The molecule has 0 saturated heterocycles. The summed E-state index contributed by atoms with van der Waals surface area (Å²) in [6.45, 7) is 6.00. The van der Waals surface area contributed by atoms with Crippen LogP contribution in [-0.4, -0.2) is 28.8 Å². The van der Waals surface area contributed by atoms with E-state index in [2.05, 4.69) is 5.32 Å². The summed E-state index contributed by atoms with van der Waals surface area (Å²) in [6, 6.07) is 12.0. The van der Waals surface area contributed by atoms with Gasteiger partial charge in [-0.2, -0.15) is 0 Å². The van der Waals surface area contributed by atoms with Crippen molar-refractivity contribution in [2.45, 2.75) is 33.4 Å². The second-order valence-corrected chi connectivity index (χ2v) is 6.23. The van der Waals surface area contributed by atoms with Crippen LogP contribution in [0.1, 0.15) is 23.6 Å². The number of rotatable bonds is 6. The van der Waals surface area contributed by atoms with E-state index in [0.29, 0.717) is 12.1 Å². The Morgan fingerprint density at radius 3 is 2.36 bits per heavy atom. The summed E-state index contributed by atoms with van der Waals surface area (Å²) < 4.78 is 0. The molecule has 2 aromatic rings. The van der Waals surface area contributed by atoms with Gasteiger partial charge in [-0.15, -0.1) is 0 Å². The number of amides is 1. The van der Waals surface area contributed by atoms with Crippen LogP contribution in [0, 0.1) is 24.0 Å². The first-order valence-electron chi connectivity index (χ1n) is 8.11. The summed E-state index contributed by atoms with van der Waals surface area (Å²) >= 11 is 0. The van der Waals surface area contributed by atoms with E-state index in [4.69, 9.17) is 0 Å². The van der Waals surface area contributed by atoms with Gasteiger partial charge in [0, 0.05) is 23.9 Å². The number of hydrogen-bond acceptors (Lipinski definition) is 4. The minimum absolute atomic E-state index is 0.0664. The normalized spacial score (nSPS) is 12.0. The highest BCUT2D eigenvalue weighted by Crippen LogP contribution is 2.22. The average Bonchev–Trinajstić information content (AvgIpc) is 2.57. The molecule has 6 nitrogen and oxygen atoms in total. The molecular formula is C19H23N3O3. The zero-order valence-electron chi connectivity index (χ0n) is 14.9. The third-order valence-corrected chi connectivity index (χ3v) is 4.38. The molecule has 0 aliphatic rings. The number of nitrogens with one attached hydrogen (secondary N) is 1. The first-order chi connectivity index (χ1) is 11.8. The fourth-order valence-corrected chi connectivity index (χ4v) is 2.67. The van der Waals surface area contributed by atoms with Crippen molar-refractivity contribution < 1.29 is 9.72 Å². The number of aryl methyl sites for hydroxylation is 2. The van der Waals surface area contributed by atoms with Gasteiger partial charge < -0.3 is 5.32 Å². The Kier molecular flexibility index (Phi) is 5.88. The second kappa shape index (κ2) is 7.90. The number of carbonyl (C=O) groups excluding carboxylic acids is 1. The molecule has 1 N–H and O–H groups in total. The number of anilines is 1. The highest BCUT2D eigenvalue weighted by Gasteiger charge is 2.22. The van der Waals surface area contributed by atoms with Crippen LogP contribution in [0.3, 0.4) is 0 Å². The molecule has 0 saturated carbocycles. The first kappa shape index (κ1) is 18.6. The Labute approximate surface area is 147 Å². The monoisotopic (exact) mass is 341 g/mol. The molecule has 0 aliphatic carbocycles. The van der Waals surface area contributed by atoms with Crippen LogP contribution in [0.2, 0.25) is 0 Å². The Hall–Kier alpha value is -2.73. The number of nitrogens with zero attached hydrogens (tertiary/aromatic N) is 2. The van der Waals surface area contributed by atoms with Gasteiger partial charge in [0.1, 0.15) is 0 Å². The third-order valence-electron chi connectivity index (χ3n) is 4.38. The zero-order valence-corrected chi connectivity index (χ0v) is 14.9. The number of likely N-dealkylation sites (N-methyl/N-ethyl adjacent to an activating group) is 1. The predicted octanol–water partition coefficient (Wildman–Crippen LogP) is 3.67. The molecule has 0 unspecified atom stereocenters. The molecule has 6 heteroatoms. The minimum Gasteiger partial charge on any atom is -0.324 e. The highest BCUT2D eigenvalue weighted by molar-refractivity contribution is 5.95. The third kappa shape index (κ3) is 4.42. The van der Waals surface area contributed by atoms with Crippen LogP contribution in [0.4, 0.5) is 11.4 Å². The minimum atomic E-state index is -0.432. The maximum Gasteiger partial charge on any atom is 0.273 e. The van der Waals surface area contributed by atoms with Crippen molar-refractivity contribution in [3.63, 3.8) is 0 Å². The van der Waals surface area contributed by atoms with Gasteiger partial charge in [-0.25, -0.2) is 0 Å². The van der Waals surface area contributed by atoms with Crippen LogP contribution in [0.15, 0.2) is 42.5 Å². The number of benzene rings is 2. The average molecular weight is 341 g/mol. The molecule has 2 aromatic carbocycles. The fourth-order valence-electron chi connectivity index (χ4n) is 2.67. The fraction of sp³-hybridized carbons (Fsp3) is 0.316. The Morgan fingerprint density at radius 1 is 1.16 bits per heavy atom. The van der Waals surface area contributed by atoms with Gasteiger partial charge in [0.05, 0.1) is 11.0 Å². The molecule has 0 fully saturated rings. The van der Waals surface area contributed by atoms with E-state index in [9.17, 15) is 14.9 Å². The van der Waals surface area contributed by atoms with Crippen molar-refractivity contribution in [2.24, 2.45) is 0 Å². The summed E-state index contributed by atoms with van der Waals surface area (Å²) in [5, 5.41) is 14.1. The molecule has 2 rings (SSSR count). The second-order valence-electron chi connectivity index (χ2n) is 6.23. The summed E-state index contributed by atoms with van der Waals surface area (Å²) in [5.74, 6) is -0.140. The predicted molar refractivity (Wildman–Crippen MR) is 98.6 cm³/mol. The van der Waals surface area contributed by atoms with Crippen molar-refractivity contribution in [2.75, 3.05) is 12.4 Å². The lowest BCUT2D eigenvalue weighted by atomic mass is 10.1. The molecule has 0 bridgehead atoms. The number of para-hydroxylation sites is 2. The zero-order chi connectivity index (χ0) is 18.6. The van der Waals surface area contributed by atoms with Gasteiger partial charge >= 0.3 is 0 Å². The molecule has 0 heterocycles. The van der Waals surface area contributed by atoms with Gasteiger partial charge in [-0.05, 0) is 38.9 Å². The Bertz CT molecular complexity index is 769. The van der Waals surface area contributed by atoms with E-state index in [1.807, 2.05) is 32.0 Å². The van der Waals surface area contributed by atoms with Crippen LogP contribution in [0.5, 0.6) is 0 Å². The molecule has 132 valence electrons. The summed E-state index contributed by atoms with van der Waals surface area (Å²) in [6.07, 6.45) is 0. The van der Waals surface area contributed by atoms with Crippen molar-refractivity contribution in [3.8, 4) is 0 Å². The van der Waals surface area contributed by atoms with Crippen LogP contribution >= 0.6 is 0 Å². The number of hydrogen-bond donors (Lipinski definition) is 1. The largest absolute Gasteiger partial charge is 0.324 e. The lowest BCUT2D eigenvalue weighted by Gasteiger charge is -2.24. The highest BCUT2D eigenvalue weighted by atomic mass is 16.6. The maximum atomic E-state index is 12.6. The molecule has 0 aliphatic heterocycles. The van der Waals surface area contributed by atoms with Crippen LogP contribution < -0.4 is 5.32 Å². The molecule has 1 amide bonds. The van der Waals surface area contributed by atoms with Gasteiger partial charge in [0.2, 0.25) is 5.91 Å². The van der Waals surface area contributed by atoms with Crippen LogP contribution in [-0.2, 0) is 11.3 Å². The Morgan fingerprint density at radius 2 is 1.76 bits per heavy atom. The number of nitro benzene ring substituents is 1. The Balaban J connectivity index is 2.11. The smallest absolute Gasteiger partial charge is 0.273 e. The van der Waals surface area contributed by atoms with E-state index < -0.39 is 11.0 Å². The van der Waals surface area contributed by atoms with Crippen molar-refractivity contribution in [1.29, 1.82) is 0 Å². The number of carbonyl (C=O) groups is 1. The molecular weight excluding hydrogens is 318 g/mol. The first-order valence-corrected chi connectivity index (χ1v) is 8.11. The van der Waals surface area contributed by atoms with E-state index in [1.54, 1.807) is 37.1 Å². The number of nitro groups is 1. The molecule has 0 radical (unpaired) electrons. The molecule has 25 heavy (non-hydrogen) atoms. The molecule has 1 atom stereocenters. The lowest BCUT2D eigenvalue weighted by Crippen LogP contribution is -2.39. The SMILES string of the molecule is Cc1cccc(C)c1NC(=O)[C@H](C)N(C)Cc1ccccc1[N+](=O)[O-]. The van der Waals surface area contributed by atoms with E-state index in [0.717, 1.165) is 16.8 Å². The van der Waals surface area contributed by atoms with Crippen molar-refractivity contribution in [3.05, 3.63) is 69.3 Å². The summed E-state index contributed by atoms with van der Waals surface area (Å²) in [4.78, 5) is 25.1. The summed E-state index contributed by atoms with van der Waals surface area (Å²) in [5.41, 5.74) is 3.47. The van der Waals surface area contributed by atoms with Gasteiger partial charge in [0.15, 0.2) is 0 Å². The van der Waals surface area contributed by atoms with Gasteiger partial charge in [0.25, 0.3) is 5.69 Å². The van der Waals surface area contributed by atoms with Crippen LogP contribution in [0.25, 0.3) is 0 Å². The molecule has 0 spiro atoms. The van der Waals surface area contributed by atoms with Crippen molar-refractivity contribution >= 4 is 17.3 Å². The topological polar surface area (TPSA) is 75.5 Å². The standard InChI is InChI=1S/C19H23N3O3/c1-13-8-7-9-14(2)18(13)20-19(23)15(3)21(4)12-16-10-5-6-11-17(16)22(24)25/h5-11,15H,12H2,1-4H3,(H,20,23)/t15-/m0/s1. The van der Waals surface area contributed by atoms with Crippen molar-refractivity contribution in [1.82, 2.24) is 4.90 Å². The summed E-state index contributed by atoms with van der Waals surface area (Å²) in [7, 11) is 1.78. The lowest BCUT2D eigenvalue weighted by molar-refractivity contribution is -0.385. The van der Waals surface area contributed by atoms with Gasteiger partial charge in [-0.3, -0.25) is 19.8 Å².